The number of hydrogen-bond donors (Lipinski definition) is 1. The van der Waals surface area contributed by atoms with Crippen LogP contribution in [0.25, 0.3) is 0 Å². The average Bonchev–Trinajstić information content (AvgIpc) is 2.39. The summed E-state index contributed by atoms with van der Waals surface area (Å²) >= 11 is 5.88. The van der Waals surface area contributed by atoms with Gasteiger partial charge in [0.1, 0.15) is 11.5 Å². The topological polar surface area (TPSA) is 29.5 Å². The summed E-state index contributed by atoms with van der Waals surface area (Å²) in [5.41, 5.74) is 0.899. The van der Waals surface area contributed by atoms with Crippen molar-refractivity contribution in [3.05, 3.63) is 59.1 Å². The number of hydrogen-bond acceptors (Lipinski definition) is 2. The number of ether oxygens (including phenoxy) is 1. The Bertz CT molecular complexity index is 508. The van der Waals surface area contributed by atoms with Crippen LogP contribution in [0.5, 0.6) is 11.5 Å². The van der Waals surface area contributed by atoms with Crippen molar-refractivity contribution in [2.45, 2.75) is 19.4 Å². The van der Waals surface area contributed by atoms with Crippen LogP contribution >= 0.6 is 11.6 Å². The number of rotatable bonds is 4. The van der Waals surface area contributed by atoms with E-state index in [9.17, 15) is 5.11 Å². The van der Waals surface area contributed by atoms with Gasteiger partial charge in [0.15, 0.2) is 0 Å². The molecule has 0 radical (unpaired) electrons. The smallest absolute Gasteiger partial charge is 0.128 e. The van der Waals surface area contributed by atoms with Crippen molar-refractivity contribution in [1.82, 2.24) is 0 Å². The van der Waals surface area contributed by atoms with Gasteiger partial charge in [-0.3, -0.25) is 0 Å². The van der Waals surface area contributed by atoms with Crippen molar-refractivity contribution in [3.8, 4) is 11.5 Å². The molecular weight excluding hydrogens is 248 g/mol. The first-order valence-corrected chi connectivity index (χ1v) is 6.28. The Morgan fingerprint density at radius 2 is 1.83 bits per heavy atom. The number of aliphatic hydroxyl groups is 1. The van der Waals surface area contributed by atoms with E-state index in [0.29, 0.717) is 17.2 Å². The minimum atomic E-state index is -0.412. The molecule has 2 rings (SSSR count). The fourth-order valence-corrected chi connectivity index (χ4v) is 1.84. The monoisotopic (exact) mass is 262 g/mol. The van der Waals surface area contributed by atoms with Crippen LogP contribution in [-0.4, -0.2) is 5.11 Å². The first-order chi connectivity index (χ1) is 8.69. The molecule has 0 aliphatic carbocycles. The SMILES string of the molecule is CC[C@@H](O)c1ccc(Oc2cccc(Cl)c2)cc1. The van der Waals surface area contributed by atoms with E-state index in [-0.39, 0.29) is 0 Å². The minimum absolute atomic E-state index is 0.412. The van der Waals surface area contributed by atoms with E-state index in [1.165, 1.54) is 0 Å². The molecule has 0 unspecified atom stereocenters. The number of benzene rings is 2. The Hall–Kier alpha value is -1.51. The Kier molecular flexibility index (Phi) is 4.24. The van der Waals surface area contributed by atoms with E-state index in [1.54, 1.807) is 12.1 Å². The van der Waals surface area contributed by atoms with Crippen molar-refractivity contribution in [2.24, 2.45) is 0 Å². The Labute approximate surface area is 112 Å². The zero-order valence-corrected chi connectivity index (χ0v) is 10.9. The van der Waals surface area contributed by atoms with Gasteiger partial charge in [0.2, 0.25) is 0 Å². The molecule has 0 spiro atoms. The standard InChI is InChI=1S/C15H15ClO2/c1-2-15(17)11-6-8-13(9-7-11)18-14-5-3-4-12(16)10-14/h3-10,15,17H,2H2,1H3/t15-/m1/s1. The molecule has 2 aromatic carbocycles. The van der Waals surface area contributed by atoms with Gasteiger partial charge in [0.25, 0.3) is 0 Å². The molecule has 0 amide bonds. The van der Waals surface area contributed by atoms with Crippen LogP contribution in [0.15, 0.2) is 48.5 Å². The maximum Gasteiger partial charge on any atom is 0.128 e. The fourth-order valence-electron chi connectivity index (χ4n) is 1.66. The molecule has 0 aromatic heterocycles. The first-order valence-electron chi connectivity index (χ1n) is 5.90. The molecule has 0 saturated heterocycles. The molecule has 0 aliphatic rings. The highest BCUT2D eigenvalue weighted by Crippen LogP contribution is 2.26. The molecule has 3 heteroatoms. The summed E-state index contributed by atoms with van der Waals surface area (Å²) in [6, 6.07) is 14.7. The number of halogens is 1. The summed E-state index contributed by atoms with van der Waals surface area (Å²) in [5, 5.41) is 10.3. The average molecular weight is 263 g/mol. The van der Waals surface area contributed by atoms with Crippen LogP contribution in [-0.2, 0) is 0 Å². The van der Waals surface area contributed by atoms with Gasteiger partial charge >= 0.3 is 0 Å². The summed E-state index contributed by atoms with van der Waals surface area (Å²) in [6.45, 7) is 1.95. The lowest BCUT2D eigenvalue weighted by atomic mass is 10.1. The van der Waals surface area contributed by atoms with Crippen LogP contribution in [0.3, 0.4) is 0 Å². The Balaban J connectivity index is 2.11. The van der Waals surface area contributed by atoms with E-state index < -0.39 is 6.10 Å². The lowest BCUT2D eigenvalue weighted by Crippen LogP contribution is -1.94. The zero-order chi connectivity index (χ0) is 13.0. The molecule has 0 bridgehead atoms. The second-order valence-corrected chi connectivity index (χ2v) is 4.49. The van der Waals surface area contributed by atoms with Crippen molar-refractivity contribution in [3.63, 3.8) is 0 Å². The quantitative estimate of drug-likeness (QED) is 0.874. The fraction of sp³-hybridized carbons (Fsp3) is 0.200. The van der Waals surface area contributed by atoms with Crippen molar-refractivity contribution in [2.75, 3.05) is 0 Å². The lowest BCUT2D eigenvalue weighted by Gasteiger charge is -2.10. The highest BCUT2D eigenvalue weighted by molar-refractivity contribution is 6.30. The van der Waals surface area contributed by atoms with Crippen LogP contribution in [0, 0.1) is 0 Å². The third-order valence-electron chi connectivity index (χ3n) is 2.68. The molecule has 0 saturated carbocycles. The molecule has 0 aliphatic heterocycles. The maximum atomic E-state index is 9.69. The predicted octanol–water partition coefficient (Wildman–Crippen LogP) is 4.58. The van der Waals surface area contributed by atoms with Gasteiger partial charge in [0.05, 0.1) is 6.10 Å². The van der Waals surface area contributed by atoms with Crippen molar-refractivity contribution >= 4 is 11.6 Å². The normalized spacial score (nSPS) is 12.2. The van der Waals surface area contributed by atoms with Crippen LogP contribution in [0.1, 0.15) is 25.0 Å². The van der Waals surface area contributed by atoms with Crippen LogP contribution in [0.4, 0.5) is 0 Å². The van der Waals surface area contributed by atoms with Gasteiger partial charge in [-0.05, 0) is 42.3 Å². The molecule has 94 valence electrons. The second kappa shape index (κ2) is 5.89. The van der Waals surface area contributed by atoms with Crippen LogP contribution in [0.2, 0.25) is 5.02 Å². The van der Waals surface area contributed by atoms with E-state index >= 15 is 0 Å². The van der Waals surface area contributed by atoms with Gasteiger partial charge < -0.3 is 9.84 Å². The van der Waals surface area contributed by atoms with Gasteiger partial charge in [-0.2, -0.15) is 0 Å². The van der Waals surface area contributed by atoms with Gasteiger partial charge in [0, 0.05) is 5.02 Å². The summed E-state index contributed by atoms with van der Waals surface area (Å²) in [4.78, 5) is 0. The van der Waals surface area contributed by atoms with E-state index in [4.69, 9.17) is 16.3 Å². The largest absolute Gasteiger partial charge is 0.457 e. The molecule has 0 heterocycles. The molecule has 0 fully saturated rings. The van der Waals surface area contributed by atoms with Crippen LogP contribution < -0.4 is 4.74 Å². The lowest BCUT2D eigenvalue weighted by molar-refractivity contribution is 0.173. The highest BCUT2D eigenvalue weighted by Gasteiger charge is 2.04. The number of aliphatic hydroxyl groups excluding tert-OH is 1. The first kappa shape index (κ1) is 12.9. The van der Waals surface area contributed by atoms with E-state index in [1.807, 2.05) is 43.3 Å². The zero-order valence-electron chi connectivity index (χ0n) is 10.1. The third-order valence-corrected chi connectivity index (χ3v) is 2.92. The van der Waals surface area contributed by atoms with E-state index in [0.717, 1.165) is 11.3 Å². The highest BCUT2D eigenvalue weighted by atomic mass is 35.5. The summed E-state index contributed by atoms with van der Waals surface area (Å²) in [5.74, 6) is 1.43. The van der Waals surface area contributed by atoms with Gasteiger partial charge in [-0.25, -0.2) is 0 Å². The van der Waals surface area contributed by atoms with Crippen molar-refractivity contribution < 1.29 is 9.84 Å². The maximum absolute atomic E-state index is 9.69. The van der Waals surface area contributed by atoms with E-state index in [2.05, 4.69) is 0 Å². The summed E-state index contributed by atoms with van der Waals surface area (Å²) in [6.07, 6.45) is 0.291. The van der Waals surface area contributed by atoms with Gasteiger partial charge in [-0.1, -0.05) is 36.7 Å². The minimum Gasteiger partial charge on any atom is -0.457 e. The Morgan fingerprint density at radius 3 is 2.44 bits per heavy atom. The molecule has 1 N–H and O–H groups in total. The molecular formula is C15H15ClO2. The summed E-state index contributed by atoms with van der Waals surface area (Å²) < 4.78 is 5.66. The van der Waals surface area contributed by atoms with Crippen molar-refractivity contribution in [1.29, 1.82) is 0 Å². The molecule has 2 aromatic rings. The van der Waals surface area contributed by atoms with Gasteiger partial charge in [-0.15, -0.1) is 0 Å². The second-order valence-electron chi connectivity index (χ2n) is 4.05. The Morgan fingerprint density at radius 1 is 1.11 bits per heavy atom. The molecule has 18 heavy (non-hydrogen) atoms. The molecule has 1 atom stereocenters. The molecule has 2 nitrogen and oxygen atoms in total. The third kappa shape index (κ3) is 3.25. The predicted molar refractivity (Wildman–Crippen MR) is 73.2 cm³/mol. The summed E-state index contributed by atoms with van der Waals surface area (Å²) in [7, 11) is 0.